The Morgan fingerprint density at radius 3 is 2.65 bits per heavy atom. The van der Waals surface area contributed by atoms with Gasteiger partial charge in [0.2, 0.25) is 0 Å². The molecular formula is C27H27N5OS. The zero-order valence-corrected chi connectivity index (χ0v) is 20.4. The lowest BCUT2D eigenvalue weighted by Gasteiger charge is -2.43. The Morgan fingerprint density at radius 1 is 1.12 bits per heavy atom. The van der Waals surface area contributed by atoms with Gasteiger partial charge >= 0.3 is 0 Å². The number of hydrogen-bond acceptors (Lipinski definition) is 6. The highest BCUT2D eigenvalue weighted by Crippen LogP contribution is 2.47. The summed E-state index contributed by atoms with van der Waals surface area (Å²) in [4.78, 5) is 30.8. The van der Waals surface area contributed by atoms with Gasteiger partial charge in [-0.1, -0.05) is 24.8 Å². The fourth-order valence-corrected chi connectivity index (χ4v) is 5.92. The number of fused-ring (bicyclic) bond motifs is 2. The number of thioether (sulfide) groups is 1. The minimum absolute atomic E-state index is 0.0131. The smallest absolute Gasteiger partial charge is 0.261 e. The summed E-state index contributed by atoms with van der Waals surface area (Å²) in [5.74, 6) is 1.58. The van der Waals surface area contributed by atoms with Gasteiger partial charge in [-0.15, -0.1) is 11.8 Å². The minimum atomic E-state index is -0.267. The van der Waals surface area contributed by atoms with Gasteiger partial charge in [0.15, 0.2) is 5.82 Å². The van der Waals surface area contributed by atoms with E-state index in [0.29, 0.717) is 11.9 Å². The Balaban J connectivity index is 1.53. The van der Waals surface area contributed by atoms with Crippen molar-refractivity contribution < 1.29 is 4.79 Å². The molecule has 2 aromatic heterocycles. The van der Waals surface area contributed by atoms with Gasteiger partial charge in [-0.2, -0.15) is 0 Å². The molecule has 34 heavy (non-hydrogen) atoms. The molecule has 1 fully saturated rings. The molecule has 3 aliphatic rings. The molecule has 172 valence electrons. The molecule has 4 heterocycles. The average Bonchev–Trinajstić information content (AvgIpc) is 3.65. The fourth-order valence-electron chi connectivity index (χ4n) is 5.29. The first-order valence-electron chi connectivity index (χ1n) is 11.6. The van der Waals surface area contributed by atoms with Crippen LogP contribution in [-0.4, -0.2) is 41.3 Å². The number of aromatic nitrogens is 2. The van der Waals surface area contributed by atoms with Crippen LogP contribution in [-0.2, 0) is 0 Å². The van der Waals surface area contributed by atoms with Crippen molar-refractivity contribution in [3.05, 3.63) is 83.8 Å². The van der Waals surface area contributed by atoms with Crippen LogP contribution >= 0.6 is 11.8 Å². The van der Waals surface area contributed by atoms with Crippen LogP contribution in [0.5, 0.6) is 0 Å². The van der Waals surface area contributed by atoms with Crippen molar-refractivity contribution in [1.82, 2.24) is 9.97 Å². The number of carbonyl (C=O) groups excluding carboxylic acids is 1. The summed E-state index contributed by atoms with van der Waals surface area (Å²) < 4.78 is 0. The van der Waals surface area contributed by atoms with E-state index in [9.17, 15) is 4.79 Å². The lowest BCUT2D eigenvalue weighted by atomic mass is 9.99. The Morgan fingerprint density at radius 2 is 1.94 bits per heavy atom. The summed E-state index contributed by atoms with van der Waals surface area (Å²) in [5.41, 5.74) is 4.84. The maximum Gasteiger partial charge on any atom is 0.261 e. The number of pyridine rings is 2. The molecule has 2 atom stereocenters. The molecule has 0 N–H and O–H groups in total. The molecule has 3 aromatic rings. The molecule has 0 radical (unpaired) electrons. The number of benzene rings is 1. The molecule has 2 aliphatic heterocycles. The summed E-state index contributed by atoms with van der Waals surface area (Å²) in [6.45, 7) is 6.52. The zero-order valence-electron chi connectivity index (χ0n) is 19.6. The second kappa shape index (κ2) is 7.87. The molecule has 1 aliphatic carbocycles. The van der Waals surface area contributed by atoms with E-state index in [0.717, 1.165) is 51.6 Å². The summed E-state index contributed by atoms with van der Waals surface area (Å²) in [5, 5.41) is 0. The Labute approximate surface area is 204 Å². The highest BCUT2D eigenvalue weighted by atomic mass is 32.2. The maximum absolute atomic E-state index is 14.0. The van der Waals surface area contributed by atoms with Crippen LogP contribution in [0.2, 0.25) is 0 Å². The van der Waals surface area contributed by atoms with Crippen LogP contribution in [0.25, 0.3) is 0 Å². The van der Waals surface area contributed by atoms with Gasteiger partial charge in [-0.25, -0.2) is 4.98 Å². The topological polar surface area (TPSA) is 52.6 Å². The van der Waals surface area contributed by atoms with E-state index in [1.165, 1.54) is 0 Å². The van der Waals surface area contributed by atoms with Crippen molar-refractivity contribution >= 4 is 35.0 Å². The molecule has 2 unspecified atom stereocenters. The van der Waals surface area contributed by atoms with Crippen LogP contribution in [0.4, 0.5) is 17.3 Å². The molecule has 1 amide bonds. The van der Waals surface area contributed by atoms with E-state index in [4.69, 9.17) is 4.98 Å². The maximum atomic E-state index is 14.0. The summed E-state index contributed by atoms with van der Waals surface area (Å²) in [7, 11) is 2.04. The minimum Gasteiger partial charge on any atom is -0.344 e. The van der Waals surface area contributed by atoms with Crippen molar-refractivity contribution in [2.24, 2.45) is 0 Å². The number of likely N-dealkylation sites (N-methyl/N-ethyl adjacent to an activating group) is 1. The predicted molar refractivity (Wildman–Crippen MR) is 138 cm³/mol. The molecule has 1 saturated carbocycles. The van der Waals surface area contributed by atoms with Crippen LogP contribution in [0.1, 0.15) is 47.3 Å². The standard InChI is InChI=1S/C27H27N5OS/c1-16-17(2)31(19-10-11-19)26-21(30(16)3)12-13-23(29-26)32-25(18-7-6-14-28-15-18)20-8-5-9-22(34-4)24(20)27(32)33/h5-9,12-15,17,19,25H,1,10-11H2,2-4H3. The van der Waals surface area contributed by atoms with Gasteiger partial charge in [-0.3, -0.25) is 14.7 Å². The van der Waals surface area contributed by atoms with E-state index in [-0.39, 0.29) is 18.0 Å². The number of carbonyl (C=O) groups is 1. The van der Waals surface area contributed by atoms with Gasteiger partial charge in [0, 0.05) is 36.1 Å². The first kappa shape index (κ1) is 21.2. The normalized spacial score (nSPS) is 21.7. The number of hydrogen-bond donors (Lipinski definition) is 0. The average molecular weight is 470 g/mol. The van der Waals surface area contributed by atoms with Crippen molar-refractivity contribution in [3.63, 3.8) is 0 Å². The van der Waals surface area contributed by atoms with Crippen molar-refractivity contribution in [2.75, 3.05) is 28.0 Å². The lowest BCUT2D eigenvalue weighted by Crippen LogP contribution is -2.46. The van der Waals surface area contributed by atoms with Crippen molar-refractivity contribution in [1.29, 1.82) is 0 Å². The van der Waals surface area contributed by atoms with E-state index >= 15 is 0 Å². The number of rotatable bonds is 4. The molecule has 0 spiro atoms. The first-order chi connectivity index (χ1) is 16.5. The Hall–Kier alpha value is -3.32. The van der Waals surface area contributed by atoms with Crippen molar-refractivity contribution in [2.45, 2.75) is 42.8 Å². The van der Waals surface area contributed by atoms with Gasteiger partial charge < -0.3 is 9.80 Å². The number of nitrogens with zero attached hydrogens (tertiary/aromatic N) is 5. The van der Waals surface area contributed by atoms with Crippen LogP contribution in [0.15, 0.2) is 72.0 Å². The third-order valence-electron chi connectivity index (χ3n) is 7.23. The molecule has 1 aromatic carbocycles. The molecule has 6 nitrogen and oxygen atoms in total. The summed E-state index contributed by atoms with van der Waals surface area (Å²) in [6.07, 6.45) is 7.95. The van der Waals surface area contributed by atoms with E-state index < -0.39 is 0 Å². The molecular weight excluding hydrogens is 442 g/mol. The lowest BCUT2D eigenvalue weighted by molar-refractivity contribution is 0.0990. The number of anilines is 3. The van der Waals surface area contributed by atoms with E-state index in [1.54, 1.807) is 18.0 Å². The van der Waals surface area contributed by atoms with Crippen LogP contribution < -0.4 is 14.7 Å². The van der Waals surface area contributed by atoms with Crippen LogP contribution in [0.3, 0.4) is 0 Å². The Bertz CT molecular complexity index is 1310. The SMILES string of the molecule is C=C1C(C)N(C2CC2)c2nc(N3C(=O)c4c(SC)cccc4C3c3cccnc3)ccc2N1C. The molecule has 0 bridgehead atoms. The van der Waals surface area contributed by atoms with Crippen molar-refractivity contribution in [3.8, 4) is 0 Å². The van der Waals surface area contributed by atoms with Gasteiger partial charge in [0.05, 0.1) is 23.3 Å². The van der Waals surface area contributed by atoms with Crippen LogP contribution in [0, 0.1) is 0 Å². The first-order valence-corrected chi connectivity index (χ1v) is 12.9. The largest absolute Gasteiger partial charge is 0.344 e. The van der Waals surface area contributed by atoms with Gasteiger partial charge in [-0.05, 0) is 61.4 Å². The van der Waals surface area contributed by atoms with Gasteiger partial charge in [0.1, 0.15) is 5.82 Å². The second-order valence-electron chi connectivity index (χ2n) is 9.17. The summed E-state index contributed by atoms with van der Waals surface area (Å²) in [6, 6.07) is 14.5. The molecule has 6 rings (SSSR count). The third-order valence-corrected chi connectivity index (χ3v) is 8.01. The second-order valence-corrected chi connectivity index (χ2v) is 10.0. The molecule has 0 saturated heterocycles. The highest BCUT2D eigenvalue weighted by molar-refractivity contribution is 7.98. The quantitative estimate of drug-likeness (QED) is 0.485. The zero-order chi connectivity index (χ0) is 23.6. The predicted octanol–water partition coefficient (Wildman–Crippen LogP) is 5.27. The Kier molecular flexibility index (Phi) is 4.92. The van der Waals surface area contributed by atoms with E-state index in [2.05, 4.69) is 40.4 Å². The summed E-state index contributed by atoms with van der Waals surface area (Å²) >= 11 is 1.60. The highest BCUT2D eigenvalue weighted by Gasteiger charge is 2.43. The van der Waals surface area contributed by atoms with Gasteiger partial charge in [0.25, 0.3) is 5.91 Å². The third kappa shape index (κ3) is 3.06. The number of amides is 1. The van der Waals surface area contributed by atoms with E-state index in [1.807, 2.05) is 54.7 Å². The monoisotopic (exact) mass is 469 g/mol. The molecule has 7 heteroatoms. The fraction of sp³-hybridized carbons (Fsp3) is 0.296.